The summed E-state index contributed by atoms with van der Waals surface area (Å²) in [7, 11) is -3.78. The SMILES string of the molecule is CCN(CC1CC1)S(=O)(=O)c1cc(N)ccc1F. The van der Waals surface area contributed by atoms with Crippen LogP contribution in [0.3, 0.4) is 0 Å². The van der Waals surface area contributed by atoms with Crippen molar-refractivity contribution in [3.05, 3.63) is 24.0 Å². The van der Waals surface area contributed by atoms with Crippen LogP contribution in [0, 0.1) is 11.7 Å². The normalized spacial score (nSPS) is 16.2. The zero-order chi connectivity index (χ0) is 13.3. The van der Waals surface area contributed by atoms with E-state index in [1.807, 2.05) is 0 Å². The third-order valence-corrected chi connectivity index (χ3v) is 5.04. The van der Waals surface area contributed by atoms with Gasteiger partial charge in [-0.1, -0.05) is 6.92 Å². The minimum Gasteiger partial charge on any atom is -0.399 e. The van der Waals surface area contributed by atoms with Crippen molar-refractivity contribution in [2.75, 3.05) is 18.8 Å². The minimum absolute atomic E-state index is 0.248. The second kappa shape index (κ2) is 4.85. The van der Waals surface area contributed by atoms with Gasteiger partial charge in [-0.15, -0.1) is 0 Å². The molecule has 2 N–H and O–H groups in total. The second-order valence-corrected chi connectivity index (χ2v) is 6.50. The maximum Gasteiger partial charge on any atom is 0.246 e. The molecule has 0 aliphatic heterocycles. The molecule has 1 aliphatic carbocycles. The van der Waals surface area contributed by atoms with Crippen molar-refractivity contribution < 1.29 is 12.8 Å². The number of anilines is 1. The van der Waals surface area contributed by atoms with E-state index in [1.54, 1.807) is 6.92 Å². The van der Waals surface area contributed by atoms with Crippen LogP contribution in [0.1, 0.15) is 19.8 Å². The molecule has 1 aliphatic rings. The second-order valence-electron chi connectivity index (χ2n) is 4.59. The van der Waals surface area contributed by atoms with Gasteiger partial charge in [-0.25, -0.2) is 12.8 Å². The van der Waals surface area contributed by atoms with E-state index in [9.17, 15) is 12.8 Å². The van der Waals surface area contributed by atoms with Crippen LogP contribution in [-0.4, -0.2) is 25.8 Å². The lowest BCUT2D eigenvalue weighted by Gasteiger charge is -2.20. The lowest BCUT2D eigenvalue weighted by molar-refractivity contribution is 0.408. The fourth-order valence-electron chi connectivity index (χ4n) is 1.84. The fraction of sp³-hybridized carbons (Fsp3) is 0.500. The Hall–Kier alpha value is -1.14. The molecule has 4 nitrogen and oxygen atoms in total. The van der Waals surface area contributed by atoms with Crippen LogP contribution in [0.2, 0.25) is 0 Å². The quantitative estimate of drug-likeness (QED) is 0.832. The first-order chi connectivity index (χ1) is 8.45. The summed E-state index contributed by atoms with van der Waals surface area (Å²) in [5.41, 5.74) is 5.78. The average Bonchev–Trinajstić information content (AvgIpc) is 3.12. The van der Waals surface area contributed by atoms with Crippen molar-refractivity contribution in [1.82, 2.24) is 4.31 Å². The molecule has 0 bridgehead atoms. The highest BCUT2D eigenvalue weighted by Crippen LogP contribution is 2.32. The van der Waals surface area contributed by atoms with Crippen LogP contribution >= 0.6 is 0 Å². The number of benzene rings is 1. The van der Waals surface area contributed by atoms with Gasteiger partial charge in [-0.3, -0.25) is 0 Å². The molecule has 0 spiro atoms. The van der Waals surface area contributed by atoms with Crippen molar-refractivity contribution in [1.29, 1.82) is 0 Å². The number of rotatable bonds is 5. The van der Waals surface area contributed by atoms with E-state index in [1.165, 1.54) is 16.4 Å². The Bertz CT molecular complexity index is 541. The molecule has 1 aromatic rings. The monoisotopic (exact) mass is 272 g/mol. The standard InChI is InChI=1S/C12H17FN2O2S/c1-2-15(8-9-3-4-9)18(16,17)12-7-10(14)5-6-11(12)13/h5-7,9H,2-4,8,14H2,1H3. The van der Waals surface area contributed by atoms with E-state index in [0.29, 0.717) is 19.0 Å². The first-order valence-electron chi connectivity index (χ1n) is 6.00. The van der Waals surface area contributed by atoms with Crippen molar-refractivity contribution in [3.8, 4) is 0 Å². The first-order valence-corrected chi connectivity index (χ1v) is 7.44. The van der Waals surface area contributed by atoms with E-state index in [2.05, 4.69) is 0 Å². The Morgan fingerprint density at radius 1 is 1.44 bits per heavy atom. The molecular formula is C12H17FN2O2S. The molecule has 0 atom stereocenters. The maximum absolute atomic E-state index is 13.7. The maximum atomic E-state index is 13.7. The molecule has 0 saturated heterocycles. The first kappa shape index (κ1) is 13.3. The van der Waals surface area contributed by atoms with Gasteiger partial charge in [0.2, 0.25) is 10.0 Å². The number of sulfonamides is 1. The molecule has 6 heteroatoms. The molecule has 0 unspecified atom stereocenters. The van der Waals surface area contributed by atoms with Crippen molar-refractivity contribution >= 4 is 15.7 Å². The van der Waals surface area contributed by atoms with Crippen molar-refractivity contribution in [3.63, 3.8) is 0 Å². The van der Waals surface area contributed by atoms with Crippen LogP contribution in [0.5, 0.6) is 0 Å². The van der Waals surface area contributed by atoms with Crippen LogP contribution < -0.4 is 5.73 Å². The molecule has 0 radical (unpaired) electrons. The van der Waals surface area contributed by atoms with E-state index in [4.69, 9.17) is 5.73 Å². The highest BCUT2D eigenvalue weighted by Gasteiger charge is 2.32. The molecule has 1 aromatic carbocycles. The molecule has 0 amide bonds. The largest absolute Gasteiger partial charge is 0.399 e. The number of halogens is 1. The topological polar surface area (TPSA) is 63.4 Å². The van der Waals surface area contributed by atoms with Gasteiger partial charge in [0, 0.05) is 18.8 Å². The van der Waals surface area contributed by atoms with Crippen LogP contribution in [-0.2, 0) is 10.0 Å². The van der Waals surface area contributed by atoms with E-state index in [-0.39, 0.29) is 10.6 Å². The highest BCUT2D eigenvalue weighted by atomic mass is 32.2. The highest BCUT2D eigenvalue weighted by molar-refractivity contribution is 7.89. The summed E-state index contributed by atoms with van der Waals surface area (Å²) >= 11 is 0. The zero-order valence-corrected chi connectivity index (χ0v) is 11.1. The molecular weight excluding hydrogens is 255 g/mol. The predicted octanol–water partition coefficient (Wildman–Crippen LogP) is 1.83. The van der Waals surface area contributed by atoms with Gasteiger partial charge < -0.3 is 5.73 Å². The lowest BCUT2D eigenvalue weighted by Crippen LogP contribution is -2.33. The number of nitrogen functional groups attached to an aromatic ring is 1. The molecule has 1 saturated carbocycles. The predicted molar refractivity (Wildman–Crippen MR) is 68.0 cm³/mol. The van der Waals surface area contributed by atoms with Crippen LogP contribution in [0.4, 0.5) is 10.1 Å². The Kier molecular flexibility index (Phi) is 3.59. The summed E-state index contributed by atoms with van der Waals surface area (Å²) in [6.07, 6.45) is 2.09. The summed E-state index contributed by atoms with van der Waals surface area (Å²) in [6.45, 7) is 2.56. The average molecular weight is 272 g/mol. The summed E-state index contributed by atoms with van der Waals surface area (Å²) in [5, 5.41) is 0. The van der Waals surface area contributed by atoms with E-state index in [0.717, 1.165) is 18.9 Å². The van der Waals surface area contributed by atoms with Gasteiger partial charge in [0.15, 0.2) is 0 Å². The van der Waals surface area contributed by atoms with E-state index < -0.39 is 15.8 Å². The van der Waals surface area contributed by atoms with Gasteiger partial charge in [-0.05, 0) is 37.0 Å². The lowest BCUT2D eigenvalue weighted by atomic mass is 10.3. The van der Waals surface area contributed by atoms with Gasteiger partial charge in [-0.2, -0.15) is 4.31 Å². The summed E-state index contributed by atoms with van der Waals surface area (Å²) in [6, 6.07) is 3.62. The Labute approximate surface area is 107 Å². The fourth-order valence-corrected chi connectivity index (χ4v) is 3.47. The molecule has 2 rings (SSSR count). The molecule has 100 valence electrons. The van der Waals surface area contributed by atoms with Gasteiger partial charge >= 0.3 is 0 Å². The van der Waals surface area contributed by atoms with Crippen molar-refractivity contribution in [2.45, 2.75) is 24.7 Å². The third kappa shape index (κ3) is 2.64. The van der Waals surface area contributed by atoms with Gasteiger partial charge in [0.05, 0.1) is 0 Å². The van der Waals surface area contributed by atoms with E-state index >= 15 is 0 Å². The number of hydrogen-bond donors (Lipinski definition) is 1. The third-order valence-electron chi connectivity index (χ3n) is 3.08. The number of nitrogens with zero attached hydrogens (tertiary/aromatic N) is 1. The Morgan fingerprint density at radius 2 is 2.11 bits per heavy atom. The van der Waals surface area contributed by atoms with Crippen LogP contribution in [0.15, 0.2) is 23.1 Å². The molecule has 0 aromatic heterocycles. The summed E-state index contributed by atoms with van der Waals surface area (Å²) < 4.78 is 39.6. The Morgan fingerprint density at radius 3 is 2.67 bits per heavy atom. The zero-order valence-electron chi connectivity index (χ0n) is 10.3. The minimum atomic E-state index is -3.78. The number of nitrogens with two attached hydrogens (primary N) is 1. The molecule has 18 heavy (non-hydrogen) atoms. The Balaban J connectivity index is 2.35. The van der Waals surface area contributed by atoms with Gasteiger partial charge in [0.1, 0.15) is 10.7 Å². The van der Waals surface area contributed by atoms with Crippen LogP contribution in [0.25, 0.3) is 0 Å². The molecule has 1 fully saturated rings. The smallest absolute Gasteiger partial charge is 0.246 e. The van der Waals surface area contributed by atoms with Crippen molar-refractivity contribution in [2.24, 2.45) is 5.92 Å². The molecule has 0 heterocycles. The summed E-state index contributed by atoms with van der Waals surface area (Å²) in [4.78, 5) is -0.329. The number of hydrogen-bond acceptors (Lipinski definition) is 3. The van der Waals surface area contributed by atoms with Gasteiger partial charge in [0.25, 0.3) is 0 Å². The summed E-state index contributed by atoms with van der Waals surface area (Å²) in [5.74, 6) is -0.331.